The van der Waals surface area contributed by atoms with Crippen LogP contribution >= 0.6 is 11.3 Å². The molecule has 1 N–H and O–H groups in total. The van der Waals surface area contributed by atoms with Crippen LogP contribution in [0.4, 0.5) is 5.13 Å². The molecular weight excluding hydrogens is 224 g/mol. The molecule has 0 atom stereocenters. The first-order valence-electron chi connectivity index (χ1n) is 5.54. The zero-order valence-electron chi connectivity index (χ0n) is 9.99. The summed E-state index contributed by atoms with van der Waals surface area (Å²) in [5.41, 5.74) is 0.691. The Hall–Kier alpha value is -1.10. The summed E-state index contributed by atoms with van der Waals surface area (Å²) in [5.74, 6) is -0.871. The summed E-state index contributed by atoms with van der Waals surface area (Å²) in [5, 5.41) is 9.83. The molecule has 0 amide bonds. The lowest BCUT2D eigenvalue weighted by Crippen LogP contribution is -2.17. The highest BCUT2D eigenvalue weighted by atomic mass is 32.1. The number of aromatic nitrogens is 1. The second-order valence-corrected chi connectivity index (χ2v) is 4.68. The van der Waals surface area contributed by atoms with E-state index in [1.54, 1.807) is 0 Å². The largest absolute Gasteiger partial charge is 0.477 e. The van der Waals surface area contributed by atoms with Crippen molar-refractivity contribution >= 4 is 22.4 Å². The highest BCUT2D eigenvalue weighted by molar-refractivity contribution is 7.17. The number of unbranched alkanes of at least 4 members (excludes halogenated alkanes) is 1. The first-order valence-corrected chi connectivity index (χ1v) is 6.35. The van der Waals surface area contributed by atoms with Crippen LogP contribution in [0.15, 0.2) is 0 Å². The number of hydrogen-bond donors (Lipinski definition) is 1. The number of aromatic carboxylic acids is 1. The van der Waals surface area contributed by atoms with Gasteiger partial charge in [-0.15, -0.1) is 0 Å². The molecule has 5 heteroatoms. The van der Waals surface area contributed by atoms with Gasteiger partial charge in [-0.25, -0.2) is 9.78 Å². The van der Waals surface area contributed by atoms with E-state index >= 15 is 0 Å². The average molecular weight is 242 g/mol. The fourth-order valence-electron chi connectivity index (χ4n) is 1.40. The molecule has 1 rings (SSSR count). The minimum Gasteiger partial charge on any atom is -0.477 e. The molecular formula is C11H18N2O2S. The molecule has 4 nitrogen and oxygen atoms in total. The maximum atomic E-state index is 11.0. The average Bonchev–Trinajstić information content (AvgIpc) is 2.69. The van der Waals surface area contributed by atoms with Crippen molar-refractivity contribution in [2.75, 3.05) is 18.5 Å². The highest BCUT2D eigenvalue weighted by Gasteiger charge is 2.17. The van der Waals surface area contributed by atoms with Gasteiger partial charge in [0.2, 0.25) is 0 Å². The van der Waals surface area contributed by atoms with Gasteiger partial charge in [-0.05, 0) is 12.8 Å². The summed E-state index contributed by atoms with van der Waals surface area (Å²) in [4.78, 5) is 17.8. The fourth-order valence-corrected chi connectivity index (χ4v) is 2.38. The molecule has 0 fully saturated rings. The van der Waals surface area contributed by atoms with Gasteiger partial charge in [0, 0.05) is 13.6 Å². The van der Waals surface area contributed by atoms with E-state index < -0.39 is 5.97 Å². The van der Waals surface area contributed by atoms with E-state index in [9.17, 15) is 4.79 Å². The quantitative estimate of drug-likeness (QED) is 0.833. The van der Waals surface area contributed by atoms with E-state index in [2.05, 4.69) is 11.9 Å². The van der Waals surface area contributed by atoms with Crippen LogP contribution in [0.1, 0.15) is 42.1 Å². The Morgan fingerprint density at radius 2 is 2.19 bits per heavy atom. The minimum absolute atomic E-state index is 0.376. The van der Waals surface area contributed by atoms with Crippen molar-refractivity contribution in [1.29, 1.82) is 0 Å². The van der Waals surface area contributed by atoms with Crippen LogP contribution in [0.5, 0.6) is 0 Å². The van der Waals surface area contributed by atoms with Crippen LogP contribution in [0.2, 0.25) is 0 Å². The molecule has 0 aliphatic rings. The zero-order chi connectivity index (χ0) is 12.1. The highest BCUT2D eigenvalue weighted by Crippen LogP contribution is 2.26. The van der Waals surface area contributed by atoms with Crippen LogP contribution in [0.3, 0.4) is 0 Å². The zero-order valence-corrected chi connectivity index (χ0v) is 10.8. The molecule has 0 unspecified atom stereocenters. The van der Waals surface area contributed by atoms with Crippen molar-refractivity contribution in [3.63, 3.8) is 0 Å². The SMILES string of the molecule is CCCCN(C)c1nc(CC)c(C(=O)O)s1. The molecule has 0 spiro atoms. The maximum Gasteiger partial charge on any atom is 0.347 e. The molecule has 0 aromatic carbocycles. The smallest absolute Gasteiger partial charge is 0.347 e. The van der Waals surface area contributed by atoms with Crippen molar-refractivity contribution in [1.82, 2.24) is 4.98 Å². The monoisotopic (exact) mass is 242 g/mol. The Bertz CT molecular complexity index is 363. The minimum atomic E-state index is -0.871. The standard InChI is InChI=1S/C11H18N2O2S/c1-4-6-7-13(3)11-12-8(5-2)9(16-11)10(14)15/h4-7H2,1-3H3,(H,14,15). The molecule has 16 heavy (non-hydrogen) atoms. The van der Waals surface area contributed by atoms with E-state index in [0.717, 1.165) is 24.5 Å². The molecule has 0 bridgehead atoms. The number of carbonyl (C=O) groups is 1. The lowest BCUT2D eigenvalue weighted by molar-refractivity contribution is 0.0701. The van der Waals surface area contributed by atoms with E-state index in [1.807, 2.05) is 18.9 Å². The summed E-state index contributed by atoms with van der Waals surface area (Å²) in [6, 6.07) is 0. The Balaban J connectivity index is 2.85. The number of carboxylic acids is 1. The number of aryl methyl sites for hydroxylation is 1. The van der Waals surface area contributed by atoms with E-state index in [4.69, 9.17) is 5.11 Å². The molecule has 0 saturated carbocycles. The second kappa shape index (κ2) is 5.84. The van der Waals surface area contributed by atoms with Crippen LogP contribution in [0.25, 0.3) is 0 Å². The third kappa shape index (κ3) is 2.95. The van der Waals surface area contributed by atoms with Gasteiger partial charge in [0.1, 0.15) is 4.88 Å². The Labute approximate surface area is 99.9 Å². The van der Waals surface area contributed by atoms with Crippen LogP contribution in [-0.4, -0.2) is 29.7 Å². The molecule has 0 saturated heterocycles. The Morgan fingerprint density at radius 1 is 1.50 bits per heavy atom. The van der Waals surface area contributed by atoms with Crippen molar-refractivity contribution < 1.29 is 9.90 Å². The number of hydrogen-bond acceptors (Lipinski definition) is 4. The van der Waals surface area contributed by atoms with Gasteiger partial charge in [-0.1, -0.05) is 31.6 Å². The summed E-state index contributed by atoms with van der Waals surface area (Å²) < 4.78 is 0. The number of anilines is 1. The Morgan fingerprint density at radius 3 is 2.62 bits per heavy atom. The fraction of sp³-hybridized carbons (Fsp3) is 0.636. The Kier molecular flexibility index (Phi) is 4.73. The summed E-state index contributed by atoms with van der Waals surface area (Å²) >= 11 is 1.27. The predicted octanol–water partition coefficient (Wildman–Crippen LogP) is 2.64. The van der Waals surface area contributed by atoms with Gasteiger partial charge < -0.3 is 10.0 Å². The second-order valence-electron chi connectivity index (χ2n) is 3.71. The van der Waals surface area contributed by atoms with Crippen LogP contribution in [-0.2, 0) is 6.42 Å². The van der Waals surface area contributed by atoms with Gasteiger partial charge in [0.05, 0.1) is 5.69 Å². The molecule has 90 valence electrons. The number of carboxylic acid groups (broad SMARTS) is 1. The van der Waals surface area contributed by atoms with Gasteiger partial charge in [0.25, 0.3) is 0 Å². The summed E-state index contributed by atoms with van der Waals surface area (Å²) in [6.45, 7) is 4.99. The van der Waals surface area contributed by atoms with Gasteiger partial charge in [0.15, 0.2) is 5.13 Å². The van der Waals surface area contributed by atoms with Crippen LogP contribution < -0.4 is 4.90 Å². The predicted molar refractivity (Wildman–Crippen MR) is 66.6 cm³/mol. The first kappa shape index (κ1) is 13.0. The number of thiazole rings is 1. The van der Waals surface area contributed by atoms with Crippen molar-refractivity contribution in [2.24, 2.45) is 0 Å². The van der Waals surface area contributed by atoms with Crippen molar-refractivity contribution in [2.45, 2.75) is 33.1 Å². The maximum absolute atomic E-state index is 11.0. The van der Waals surface area contributed by atoms with E-state index in [0.29, 0.717) is 17.0 Å². The lowest BCUT2D eigenvalue weighted by atomic mass is 10.3. The van der Waals surface area contributed by atoms with Crippen molar-refractivity contribution in [3.8, 4) is 0 Å². The van der Waals surface area contributed by atoms with E-state index in [-0.39, 0.29) is 0 Å². The third-order valence-corrected chi connectivity index (χ3v) is 3.59. The molecule has 1 aromatic heterocycles. The van der Waals surface area contributed by atoms with Crippen LogP contribution in [0, 0.1) is 0 Å². The molecule has 0 aliphatic heterocycles. The van der Waals surface area contributed by atoms with E-state index in [1.165, 1.54) is 11.3 Å². The van der Waals surface area contributed by atoms with Gasteiger partial charge >= 0.3 is 5.97 Å². The normalized spacial score (nSPS) is 10.4. The van der Waals surface area contributed by atoms with Gasteiger partial charge in [-0.2, -0.15) is 0 Å². The molecule has 0 radical (unpaired) electrons. The topological polar surface area (TPSA) is 53.4 Å². The molecule has 0 aliphatic carbocycles. The van der Waals surface area contributed by atoms with Gasteiger partial charge in [-0.3, -0.25) is 0 Å². The first-order chi connectivity index (χ1) is 7.60. The number of rotatable bonds is 6. The lowest BCUT2D eigenvalue weighted by Gasteiger charge is -2.14. The number of nitrogens with zero attached hydrogens (tertiary/aromatic N) is 2. The van der Waals surface area contributed by atoms with Crippen molar-refractivity contribution in [3.05, 3.63) is 10.6 Å². The summed E-state index contributed by atoms with van der Waals surface area (Å²) in [6.07, 6.45) is 2.89. The third-order valence-electron chi connectivity index (χ3n) is 2.39. The molecule has 1 heterocycles. The summed E-state index contributed by atoms with van der Waals surface area (Å²) in [7, 11) is 1.96. The molecule has 1 aromatic rings.